The summed E-state index contributed by atoms with van der Waals surface area (Å²) in [6.45, 7) is 1.31. The van der Waals surface area contributed by atoms with Crippen molar-refractivity contribution in [2.24, 2.45) is 5.92 Å². The van der Waals surface area contributed by atoms with Crippen molar-refractivity contribution < 1.29 is 82.6 Å². The number of carboxylic acid groups (broad SMARTS) is 2. The first-order valence-corrected chi connectivity index (χ1v) is 15.4. The zero-order valence-electron chi connectivity index (χ0n) is 27.3. The minimum atomic E-state index is -1.53. The largest absolute Gasteiger partial charge is 1.00 e. The van der Waals surface area contributed by atoms with Crippen LogP contribution in [0.15, 0.2) is 84.9 Å². The van der Waals surface area contributed by atoms with Gasteiger partial charge < -0.3 is 43.4 Å². The molecule has 3 unspecified atom stereocenters. The third-order valence-corrected chi connectivity index (χ3v) is 8.66. The van der Waals surface area contributed by atoms with Crippen LogP contribution in [0.25, 0.3) is 0 Å². The summed E-state index contributed by atoms with van der Waals surface area (Å²) in [5.74, 6) is -3.80. The van der Waals surface area contributed by atoms with Gasteiger partial charge in [0.1, 0.15) is 23.9 Å². The van der Waals surface area contributed by atoms with Gasteiger partial charge in [-0.1, -0.05) is 43.3 Å². The van der Waals surface area contributed by atoms with Gasteiger partial charge in [0.15, 0.2) is 18.1 Å². The maximum atomic E-state index is 13.7. The van der Waals surface area contributed by atoms with Crippen LogP contribution in [-0.4, -0.2) is 56.7 Å². The summed E-state index contributed by atoms with van der Waals surface area (Å²) in [7, 11) is 1.45. The van der Waals surface area contributed by atoms with Crippen molar-refractivity contribution in [1.29, 1.82) is 0 Å². The van der Waals surface area contributed by atoms with Crippen molar-refractivity contribution in [3.8, 4) is 28.7 Å². The number of aliphatic carboxylic acids is 2. The maximum Gasteiger partial charge on any atom is 1.00 e. The monoisotopic (exact) mass is 676 g/mol. The van der Waals surface area contributed by atoms with Crippen LogP contribution in [0.2, 0.25) is 0 Å². The third kappa shape index (κ3) is 6.92. The number of benzene rings is 4. The second-order valence-corrected chi connectivity index (χ2v) is 11.4. The molecule has 4 aromatic carbocycles. The molecule has 3 atom stereocenters. The normalized spacial score (nSPS) is 18.5. The number of carboxylic acids is 2. The van der Waals surface area contributed by atoms with Crippen LogP contribution in [0, 0.1) is 5.92 Å². The second-order valence-electron chi connectivity index (χ2n) is 11.4. The summed E-state index contributed by atoms with van der Waals surface area (Å²) in [6.07, 6.45) is 0.740. The molecule has 12 heteroatoms. The molecular weight excluding hydrogens is 643 g/mol. The second kappa shape index (κ2) is 15.2. The topological polar surface area (TPSA) is 150 Å². The fraction of sp³-hybridized carbons (Fsp3) is 0.270. The summed E-state index contributed by atoms with van der Waals surface area (Å²) < 4.78 is 34.3. The van der Waals surface area contributed by atoms with E-state index >= 15 is 0 Å². The van der Waals surface area contributed by atoms with E-state index in [0.29, 0.717) is 57.4 Å². The smallest absolute Gasteiger partial charge is 0.550 e. The summed E-state index contributed by atoms with van der Waals surface area (Å²) in [5, 5.41) is 23.1. The molecule has 11 nitrogen and oxygen atoms in total. The van der Waals surface area contributed by atoms with E-state index in [1.54, 1.807) is 78.9 Å². The van der Waals surface area contributed by atoms with Gasteiger partial charge in [0.05, 0.1) is 24.7 Å². The van der Waals surface area contributed by atoms with E-state index in [1.807, 2.05) is 6.92 Å². The number of carbonyl (C=O) groups excluding carboxylic acids is 2. The third-order valence-electron chi connectivity index (χ3n) is 8.66. The molecule has 0 spiro atoms. The van der Waals surface area contributed by atoms with E-state index in [9.17, 15) is 24.6 Å². The molecule has 1 aliphatic heterocycles. The van der Waals surface area contributed by atoms with Gasteiger partial charge in [-0.15, -0.1) is 0 Å². The molecule has 0 saturated heterocycles. The number of hydrogen-bond donors (Lipinski definition) is 1. The van der Waals surface area contributed by atoms with Gasteiger partial charge in [0.25, 0.3) is 0 Å². The Hall–Kier alpha value is -4.71. The Morgan fingerprint density at radius 2 is 1.65 bits per heavy atom. The van der Waals surface area contributed by atoms with Crippen LogP contribution in [-0.2, 0) is 19.7 Å². The quantitative estimate of drug-likeness (QED) is 0.162. The Kier molecular flexibility index (Phi) is 11.1. The van der Waals surface area contributed by atoms with Crippen LogP contribution in [0.3, 0.4) is 0 Å². The van der Waals surface area contributed by atoms with Crippen molar-refractivity contribution in [2.45, 2.75) is 24.7 Å². The Bertz CT molecular complexity index is 1840. The van der Waals surface area contributed by atoms with E-state index < -0.39 is 41.8 Å². The molecule has 1 aliphatic carbocycles. The first-order chi connectivity index (χ1) is 23.3. The van der Waals surface area contributed by atoms with E-state index in [0.717, 1.165) is 6.42 Å². The van der Waals surface area contributed by atoms with Gasteiger partial charge in [-0.2, -0.15) is 0 Å². The summed E-state index contributed by atoms with van der Waals surface area (Å²) >= 11 is 0. The van der Waals surface area contributed by atoms with Gasteiger partial charge >= 0.3 is 41.5 Å². The molecule has 6 rings (SSSR count). The van der Waals surface area contributed by atoms with Crippen LogP contribution >= 0.6 is 0 Å². The number of hydrogen-bond acceptors (Lipinski definition) is 10. The number of carbonyl (C=O) groups is 3. The Labute approximate surface area is 305 Å². The molecule has 1 N–H and O–H groups in total. The number of methoxy groups -OCH3 is 1. The Morgan fingerprint density at radius 3 is 2.37 bits per heavy atom. The number of fused-ring (bicyclic) bond motifs is 2. The predicted molar refractivity (Wildman–Crippen MR) is 169 cm³/mol. The SMILES string of the molecule is CCCOc1ccc2c(c1)C(c1ccc(OC)cc1OCC(=O)O)C(C(=O)[O-])C2(COC(=O)c1ccccc1)c1ccc2c(c1)OCO2.[Na+]. The zero-order chi connectivity index (χ0) is 33.8. The van der Waals surface area contributed by atoms with Crippen LogP contribution in [0.4, 0.5) is 0 Å². The summed E-state index contributed by atoms with van der Waals surface area (Å²) in [5.41, 5.74) is 0.714. The molecule has 248 valence electrons. The molecule has 0 bridgehead atoms. The van der Waals surface area contributed by atoms with E-state index in [1.165, 1.54) is 13.2 Å². The van der Waals surface area contributed by atoms with Crippen molar-refractivity contribution in [2.75, 3.05) is 33.7 Å². The predicted octanol–water partition coefficient (Wildman–Crippen LogP) is 1.33. The maximum absolute atomic E-state index is 13.7. The average molecular weight is 677 g/mol. The van der Waals surface area contributed by atoms with E-state index in [-0.39, 0.29) is 48.7 Å². The van der Waals surface area contributed by atoms with Crippen molar-refractivity contribution in [3.05, 3.63) is 113 Å². The van der Waals surface area contributed by atoms with Crippen molar-refractivity contribution in [1.82, 2.24) is 0 Å². The molecule has 0 aromatic heterocycles. The number of ether oxygens (including phenoxy) is 6. The molecule has 4 aromatic rings. The molecule has 0 fully saturated rings. The number of rotatable bonds is 13. The molecule has 1 heterocycles. The fourth-order valence-corrected chi connectivity index (χ4v) is 6.59. The minimum Gasteiger partial charge on any atom is -0.550 e. The zero-order valence-corrected chi connectivity index (χ0v) is 29.3. The van der Waals surface area contributed by atoms with Gasteiger partial charge in [0.2, 0.25) is 6.79 Å². The summed E-state index contributed by atoms with van der Waals surface area (Å²) in [6, 6.07) is 23.6. The van der Waals surface area contributed by atoms with Crippen LogP contribution < -0.4 is 58.3 Å². The minimum absolute atomic E-state index is 0. The van der Waals surface area contributed by atoms with E-state index in [2.05, 4.69) is 0 Å². The van der Waals surface area contributed by atoms with Crippen molar-refractivity contribution >= 4 is 17.9 Å². The molecule has 49 heavy (non-hydrogen) atoms. The van der Waals surface area contributed by atoms with Gasteiger partial charge in [-0.25, -0.2) is 9.59 Å². The Morgan fingerprint density at radius 1 is 0.898 bits per heavy atom. The molecule has 0 saturated carbocycles. The molecule has 2 aliphatic rings. The van der Waals surface area contributed by atoms with Crippen molar-refractivity contribution in [3.63, 3.8) is 0 Å². The number of esters is 1. The van der Waals surface area contributed by atoms with E-state index in [4.69, 9.17) is 28.4 Å². The van der Waals surface area contributed by atoms with Gasteiger partial charge in [0, 0.05) is 29.4 Å². The average Bonchev–Trinajstić information content (AvgIpc) is 3.69. The van der Waals surface area contributed by atoms with Gasteiger partial charge in [-0.3, -0.25) is 0 Å². The molecule has 0 amide bonds. The molecular formula is C37H33NaO11. The van der Waals surface area contributed by atoms with Gasteiger partial charge in [-0.05, 0) is 65.6 Å². The fourth-order valence-electron chi connectivity index (χ4n) is 6.59. The molecule has 0 radical (unpaired) electrons. The van der Waals surface area contributed by atoms with Crippen LogP contribution in [0.5, 0.6) is 28.7 Å². The Balaban J connectivity index is 0.00000468. The van der Waals surface area contributed by atoms with Crippen LogP contribution in [0.1, 0.15) is 51.9 Å². The first kappa shape index (κ1) is 35.6. The first-order valence-electron chi connectivity index (χ1n) is 15.4. The standard InChI is InChI=1S/C37H34O11.Na/c1-3-15-44-25-11-13-28-27(17-25)33(26-12-10-24(43-2)18-30(26)45-19-32(38)39)34(35(40)41)37(28,20-46-36(42)22-7-5-4-6-8-22)23-9-14-29-31(16-23)48-21-47-29;/h4-14,16-18,33-34H,3,15,19-21H2,1-2H3,(H,38,39)(H,40,41);/q;+1/p-1. The summed E-state index contributed by atoms with van der Waals surface area (Å²) in [4.78, 5) is 38.6.